The average Bonchev–Trinajstić information content (AvgIpc) is 3.32. The van der Waals surface area contributed by atoms with E-state index in [0.717, 1.165) is 12.8 Å². The number of imidazole rings is 1. The number of aromatic nitrogens is 4. The molecule has 3 heterocycles. The van der Waals surface area contributed by atoms with Gasteiger partial charge in [-0.05, 0) is 44.2 Å². The molecule has 9 nitrogen and oxygen atoms in total. The predicted molar refractivity (Wildman–Crippen MR) is 129 cm³/mol. The number of likely N-dealkylation sites (tertiary alicyclic amines) is 1. The molecule has 2 fully saturated rings. The van der Waals surface area contributed by atoms with E-state index >= 15 is 0 Å². The number of carbonyl (C=O) groups excluding carboxylic acids is 2. The first-order valence-electron chi connectivity index (χ1n) is 11.6. The van der Waals surface area contributed by atoms with Crippen molar-refractivity contribution in [3.05, 3.63) is 53.5 Å². The molecule has 3 N–H and O–H groups in total. The van der Waals surface area contributed by atoms with Crippen molar-refractivity contribution in [1.82, 2.24) is 24.2 Å². The molecule has 5 rings (SSSR count). The van der Waals surface area contributed by atoms with Gasteiger partial charge in [0.15, 0.2) is 17.3 Å². The molecular weight excluding hydrogens is 468 g/mol. The molecule has 3 aromatic rings. The summed E-state index contributed by atoms with van der Waals surface area (Å²) in [4.78, 5) is 30.4. The Morgan fingerprint density at radius 3 is 2.64 bits per heavy atom. The molecule has 0 radical (unpaired) electrons. The molecule has 11 heteroatoms. The van der Waals surface area contributed by atoms with Gasteiger partial charge in [0.25, 0.3) is 5.91 Å². The minimum Gasteiger partial charge on any atom is -0.373 e. The fraction of sp³-hybridized carbons (Fsp3) is 0.360. The first-order chi connectivity index (χ1) is 17.2. The van der Waals surface area contributed by atoms with E-state index in [1.54, 1.807) is 21.2 Å². The lowest BCUT2D eigenvalue weighted by Crippen LogP contribution is -2.32. The fourth-order valence-electron chi connectivity index (χ4n) is 4.84. The van der Waals surface area contributed by atoms with Crippen molar-refractivity contribution in [2.75, 3.05) is 18.9 Å². The van der Waals surface area contributed by atoms with Gasteiger partial charge in [0, 0.05) is 25.7 Å². The Bertz CT molecular complexity index is 1480. The van der Waals surface area contributed by atoms with Crippen LogP contribution in [0.1, 0.15) is 59.9 Å². The van der Waals surface area contributed by atoms with E-state index in [2.05, 4.69) is 33.8 Å². The number of rotatable bonds is 5. The van der Waals surface area contributed by atoms with Crippen LogP contribution in [0, 0.1) is 23.5 Å². The maximum atomic E-state index is 14.9. The second kappa shape index (κ2) is 8.78. The highest BCUT2D eigenvalue weighted by molar-refractivity contribution is 6.00. The summed E-state index contributed by atoms with van der Waals surface area (Å²) in [6.45, 7) is 5.81. The van der Waals surface area contributed by atoms with Crippen LogP contribution >= 0.6 is 0 Å². The molecule has 0 unspecified atom stereocenters. The van der Waals surface area contributed by atoms with Crippen LogP contribution in [0.25, 0.3) is 11.0 Å². The lowest BCUT2D eigenvalue weighted by Gasteiger charge is -2.19. The third-order valence-corrected chi connectivity index (χ3v) is 6.75. The van der Waals surface area contributed by atoms with E-state index in [1.807, 2.05) is 6.92 Å². The van der Waals surface area contributed by atoms with Gasteiger partial charge in [-0.3, -0.25) is 9.59 Å². The number of nitrogens with one attached hydrogen (secondary N) is 1. The van der Waals surface area contributed by atoms with E-state index < -0.39 is 17.5 Å². The SMILES string of the molecule is C=CC(=O)N1C[C@@H](n2nc(C#Cc3cc4ncn(C5CC5)c4c(F)c3F)c(C(N)=O)c2NC)C[C@@H]1C. The van der Waals surface area contributed by atoms with Crippen LogP contribution in [0.5, 0.6) is 0 Å². The number of amides is 2. The van der Waals surface area contributed by atoms with Crippen LogP contribution in [-0.4, -0.2) is 55.7 Å². The third kappa shape index (κ3) is 3.79. The molecule has 2 aromatic heterocycles. The molecule has 2 atom stereocenters. The number of primary amides is 1. The summed E-state index contributed by atoms with van der Waals surface area (Å²) in [7, 11) is 1.61. The van der Waals surface area contributed by atoms with Gasteiger partial charge in [-0.1, -0.05) is 12.5 Å². The van der Waals surface area contributed by atoms with Gasteiger partial charge in [0.05, 0.1) is 23.4 Å². The molecule has 1 saturated heterocycles. The van der Waals surface area contributed by atoms with Crippen molar-refractivity contribution >= 4 is 28.7 Å². The number of hydrogen-bond donors (Lipinski definition) is 2. The quantitative estimate of drug-likeness (QED) is 0.420. The van der Waals surface area contributed by atoms with Crippen LogP contribution in [0.2, 0.25) is 0 Å². The van der Waals surface area contributed by atoms with Gasteiger partial charge in [-0.25, -0.2) is 18.4 Å². The van der Waals surface area contributed by atoms with Gasteiger partial charge in [0.2, 0.25) is 5.91 Å². The van der Waals surface area contributed by atoms with Crippen LogP contribution in [-0.2, 0) is 4.79 Å². The molecule has 1 aliphatic heterocycles. The monoisotopic (exact) mass is 493 g/mol. The van der Waals surface area contributed by atoms with E-state index in [1.165, 1.54) is 18.5 Å². The van der Waals surface area contributed by atoms with Gasteiger partial charge < -0.3 is 20.5 Å². The van der Waals surface area contributed by atoms with Crippen molar-refractivity contribution in [2.45, 2.75) is 44.3 Å². The van der Waals surface area contributed by atoms with E-state index in [4.69, 9.17) is 5.73 Å². The zero-order valence-corrected chi connectivity index (χ0v) is 19.9. The zero-order valence-electron chi connectivity index (χ0n) is 19.9. The van der Waals surface area contributed by atoms with Crippen molar-refractivity contribution in [2.24, 2.45) is 5.73 Å². The largest absolute Gasteiger partial charge is 0.373 e. The standard InChI is InChI=1S/C25H25F2N7O2/c1-4-19(35)32-11-16(9-13(32)2)34-25(29-3)20(24(28)36)17(31-34)8-5-14-10-18-23(22(27)21(14)26)33(12-30-18)15-6-7-15/h4,10,12-13,15-16,29H,1,6-7,9,11H2,2-3H3,(H2,28,36)/t13-,16-/m0/s1. The lowest BCUT2D eigenvalue weighted by molar-refractivity contribution is -0.126. The first kappa shape index (κ1) is 23.5. The lowest BCUT2D eigenvalue weighted by atomic mass is 10.1. The number of anilines is 1. The molecule has 1 saturated carbocycles. The zero-order chi connectivity index (χ0) is 25.7. The van der Waals surface area contributed by atoms with Crippen LogP contribution in [0.3, 0.4) is 0 Å². The van der Waals surface area contributed by atoms with E-state index in [9.17, 15) is 18.4 Å². The summed E-state index contributed by atoms with van der Waals surface area (Å²) in [5, 5.41) is 7.42. The predicted octanol–water partition coefficient (Wildman–Crippen LogP) is 2.73. The second-order valence-electron chi connectivity index (χ2n) is 9.12. The Balaban J connectivity index is 1.55. The highest BCUT2D eigenvalue weighted by atomic mass is 19.2. The molecule has 36 heavy (non-hydrogen) atoms. The summed E-state index contributed by atoms with van der Waals surface area (Å²) < 4.78 is 33.1. The third-order valence-electron chi connectivity index (χ3n) is 6.75. The van der Waals surface area contributed by atoms with Gasteiger partial charge in [-0.15, -0.1) is 0 Å². The second-order valence-corrected chi connectivity index (χ2v) is 9.12. The molecule has 1 aromatic carbocycles. The molecule has 0 bridgehead atoms. The highest BCUT2D eigenvalue weighted by Gasteiger charge is 2.35. The van der Waals surface area contributed by atoms with Crippen LogP contribution in [0.4, 0.5) is 14.6 Å². The topological polar surface area (TPSA) is 111 Å². The van der Waals surface area contributed by atoms with Crippen LogP contribution < -0.4 is 11.1 Å². The van der Waals surface area contributed by atoms with Crippen LogP contribution in [0.15, 0.2) is 25.0 Å². The summed E-state index contributed by atoms with van der Waals surface area (Å²) in [6, 6.07) is 1.20. The number of benzene rings is 1. The van der Waals surface area contributed by atoms with Crippen molar-refractivity contribution in [1.29, 1.82) is 0 Å². The molecule has 186 valence electrons. The molecular formula is C25H25F2N7O2. The van der Waals surface area contributed by atoms with Gasteiger partial charge in [0.1, 0.15) is 16.9 Å². The number of nitrogens with two attached hydrogens (primary N) is 1. The highest BCUT2D eigenvalue weighted by Crippen LogP contribution is 2.38. The maximum Gasteiger partial charge on any atom is 0.255 e. The van der Waals surface area contributed by atoms with E-state index in [0.29, 0.717) is 24.3 Å². The molecule has 1 aliphatic carbocycles. The number of fused-ring (bicyclic) bond motifs is 1. The Morgan fingerprint density at radius 2 is 2.00 bits per heavy atom. The summed E-state index contributed by atoms with van der Waals surface area (Å²) in [5.41, 5.74) is 5.91. The summed E-state index contributed by atoms with van der Waals surface area (Å²) >= 11 is 0. The van der Waals surface area contributed by atoms with Crippen molar-refractivity contribution in [3.8, 4) is 11.8 Å². The Morgan fingerprint density at radius 1 is 1.25 bits per heavy atom. The Kier molecular flexibility index (Phi) is 5.74. The minimum absolute atomic E-state index is 0.0245. The number of hydrogen-bond acceptors (Lipinski definition) is 5. The normalized spacial score (nSPS) is 19.3. The number of carbonyl (C=O) groups is 2. The molecule has 2 aliphatic rings. The van der Waals surface area contributed by atoms with Gasteiger partial charge >= 0.3 is 0 Å². The first-order valence-corrected chi connectivity index (χ1v) is 11.6. The summed E-state index contributed by atoms with van der Waals surface area (Å²) in [6.07, 6.45) is 5.16. The van der Waals surface area contributed by atoms with Crippen molar-refractivity contribution in [3.63, 3.8) is 0 Å². The Labute approximate surface area is 205 Å². The maximum absolute atomic E-state index is 14.9. The Hall–Kier alpha value is -4.20. The number of halogens is 2. The number of nitrogens with zero attached hydrogens (tertiary/aromatic N) is 5. The fourth-order valence-corrected chi connectivity index (χ4v) is 4.84. The van der Waals surface area contributed by atoms with Crippen molar-refractivity contribution < 1.29 is 18.4 Å². The minimum atomic E-state index is -1.09. The average molecular weight is 494 g/mol. The smallest absolute Gasteiger partial charge is 0.255 e. The van der Waals surface area contributed by atoms with E-state index in [-0.39, 0.29) is 46.4 Å². The van der Waals surface area contributed by atoms with Gasteiger partial charge in [-0.2, -0.15) is 5.10 Å². The summed E-state index contributed by atoms with van der Waals surface area (Å²) in [5.74, 6) is 2.57. The molecule has 2 amide bonds. The molecule has 0 spiro atoms.